The number of ketones is 1. The summed E-state index contributed by atoms with van der Waals surface area (Å²) in [6, 6.07) is 7.20. The van der Waals surface area contributed by atoms with E-state index in [0.29, 0.717) is 0 Å². The summed E-state index contributed by atoms with van der Waals surface area (Å²) in [6.45, 7) is -0.190. The maximum atomic E-state index is 11.7. The van der Waals surface area contributed by atoms with Gasteiger partial charge in [0.2, 0.25) is 0 Å². The van der Waals surface area contributed by atoms with E-state index in [9.17, 15) is 9.59 Å². The molecule has 1 amide bonds. The Kier molecular flexibility index (Phi) is 3.91. The minimum absolute atomic E-state index is 0.0214. The molecular weight excluding hydrogens is 248 g/mol. The number of carbonyl (C=O) groups is 2. The lowest BCUT2D eigenvalue weighted by atomic mass is 10.1. The first-order valence-electron chi connectivity index (χ1n) is 5.79. The fourth-order valence-electron chi connectivity index (χ4n) is 1.74. The summed E-state index contributed by atoms with van der Waals surface area (Å²) < 4.78 is 5.04. The van der Waals surface area contributed by atoms with Gasteiger partial charge < -0.3 is 9.84 Å². The van der Waals surface area contributed by atoms with E-state index < -0.39 is 12.4 Å². The van der Waals surface area contributed by atoms with Gasteiger partial charge in [0.25, 0.3) is 5.91 Å². The Morgan fingerprint density at radius 1 is 1.32 bits per heavy atom. The maximum Gasteiger partial charge on any atom is 0.250 e. The molecule has 0 radical (unpaired) electrons. The lowest BCUT2D eigenvalue weighted by Crippen LogP contribution is -2.38. The molecule has 0 saturated carbocycles. The first-order valence-corrected chi connectivity index (χ1v) is 5.79. The first-order chi connectivity index (χ1) is 9.13. The molecule has 0 saturated heterocycles. The molecule has 1 aromatic rings. The van der Waals surface area contributed by atoms with Gasteiger partial charge in [-0.05, 0) is 17.7 Å². The number of hydrogen-bond donors (Lipinski definition) is 1. The van der Waals surface area contributed by atoms with Crippen molar-refractivity contribution in [2.24, 2.45) is 5.10 Å². The molecule has 6 heteroatoms. The van der Waals surface area contributed by atoms with Crippen LogP contribution in [0.3, 0.4) is 0 Å². The van der Waals surface area contributed by atoms with E-state index in [-0.39, 0.29) is 24.6 Å². The van der Waals surface area contributed by atoms with Crippen molar-refractivity contribution in [1.29, 1.82) is 0 Å². The van der Waals surface area contributed by atoms with Gasteiger partial charge in [-0.3, -0.25) is 9.59 Å². The molecule has 2 rings (SSSR count). The molecule has 1 aliphatic heterocycles. The van der Waals surface area contributed by atoms with Gasteiger partial charge in [0, 0.05) is 0 Å². The minimum atomic E-state index is -0.453. The Labute approximate surface area is 110 Å². The Morgan fingerprint density at radius 3 is 2.58 bits per heavy atom. The second kappa shape index (κ2) is 5.62. The van der Waals surface area contributed by atoms with Crippen molar-refractivity contribution in [2.75, 3.05) is 13.7 Å². The molecule has 6 nitrogen and oxygen atoms in total. The number of methoxy groups -OCH3 is 1. The molecule has 0 aromatic heterocycles. The molecule has 1 aliphatic rings. The highest BCUT2D eigenvalue weighted by atomic mass is 16.5. The van der Waals surface area contributed by atoms with Crippen LogP contribution >= 0.6 is 0 Å². The molecule has 1 N–H and O–H groups in total. The molecule has 0 fully saturated rings. The molecular formula is C13H14N2O4. The van der Waals surface area contributed by atoms with Gasteiger partial charge in [-0.1, -0.05) is 12.1 Å². The van der Waals surface area contributed by atoms with Crippen molar-refractivity contribution >= 4 is 17.4 Å². The Hall–Kier alpha value is -2.21. The molecule has 0 aliphatic carbocycles. The molecule has 0 atom stereocenters. The summed E-state index contributed by atoms with van der Waals surface area (Å²) in [5.74, 6) is -0.0556. The van der Waals surface area contributed by atoms with E-state index >= 15 is 0 Å². The normalized spacial score (nSPS) is 15.5. The van der Waals surface area contributed by atoms with E-state index in [1.165, 1.54) is 5.01 Å². The predicted molar refractivity (Wildman–Crippen MR) is 67.7 cm³/mol. The molecule has 0 unspecified atom stereocenters. The summed E-state index contributed by atoms with van der Waals surface area (Å²) in [7, 11) is 1.58. The molecule has 100 valence electrons. The van der Waals surface area contributed by atoms with Gasteiger partial charge in [0.15, 0.2) is 5.78 Å². The fourth-order valence-corrected chi connectivity index (χ4v) is 1.74. The highest BCUT2D eigenvalue weighted by molar-refractivity contribution is 6.44. The average Bonchev–Trinajstić information content (AvgIpc) is 2.42. The van der Waals surface area contributed by atoms with E-state index in [2.05, 4.69) is 5.10 Å². The third-order valence-electron chi connectivity index (χ3n) is 2.80. The smallest absolute Gasteiger partial charge is 0.250 e. The summed E-state index contributed by atoms with van der Waals surface area (Å²) in [6.07, 6.45) is -0.241. The first kappa shape index (κ1) is 13.2. The van der Waals surface area contributed by atoms with Crippen molar-refractivity contribution in [3.05, 3.63) is 29.8 Å². The van der Waals surface area contributed by atoms with Crippen LogP contribution in [0.5, 0.6) is 5.75 Å². The molecule has 0 bridgehead atoms. The molecule has 1 heterocycles. The third kappa shape index (κ3) is 2.97. The van der Waals surface area contributed by atoms with E-state index in [0.717, 1.165) is 11.3 Å². The molecule has 0 spiro atoms. The Balaban J connectivity index is 2.14. The number of benzene rings is 1. The Morgan fingerprint density at radius 2 is 2.00 bits per heavy atom. The SMILES string of the molecule is COc1ccc(CN2N=C(CO)C(=O)CC2=O)cc1. The maximum absolute atomic E-state index is 11.7. The zero-order valence-electron chi connectivity index (χ0n) is 10.5. The lowest BCUT2D eigenvalue weighted by Gasteiger charge is -2.22. The summed E-state index contributed by atoms with van der Waals surface area (Å²) in [5.41, 5.74) is 0.887. The van der Waals surface area contributed by atoms with Gasteiger partial charge in [0.1, 0.15) is 11.5 Å². The predicted octanol–water partition coefficient (Wildman–Crippen LogP) is 0.345. The van der Waals surface area contributed by atoms with Crippen LogP contribution in [0.25, 0.3) is 0 Å². The number of aliphatic hydroxyl groups is 1. The van der Waals surface area contributed by atoms with Crippen LogP contribution in [0.15, 0.2) is 29.4 Å². The number of aliphatic hydroxyl groups excluding tert-OH is 1. The monoisotopic (exact) mass is 262 g/mol. The van der Waals surface area contributed by atoms with Crippen molar-refractivity contribution < 1.29 is 19.4 Å². The quantitative estimate of drug-likeness (QED) is 0.794. The van der Waals surface area contributed by atoms with Crippen molar-refractivity contribution in [3.63, 3.8) is 0 Å². The number of amides is 1. The number of carbonyl (C=O) groups excluding carboxylic acids is 2. The highest BCUT2D eigenvalue weighted by Crippen LogP contribution is 2.15. The van der Waals surface area contributed by atoms with Crippen molar-refractivity contribution in [3.8, 4) is 5.75 Å². The minimum Gasteiger partial charge on any atom is -0.497 e. The third-order valence-corrected chi connectivity index (χ3v) is 2.80. The van der Waals surface area contributed by atoms with E-state index in [4.69, 9.17) is 9.84 Å². The molecule has 19 heavy (non-hydrogen) atoms. The fraction of sp³-hybridized carbons (Fsp3) is 0.308. The van der Waals surface area contributed by atoms with Gasteiger partial charge in [-0.15, -0.1) is 0 Å². The second-order valence-electron chi connectivity index (χ2n) is 4.10. The van der Waals surface area contributed by atoms with Crippen LogP contribution in [-0.2, 0) is 16.1 Å². The van der Waals surface area contributed by atoms with Crippen LogP contribution in [-0.4, -0.2) is 41.2 Å². The lowest BCUT2D eigenvalue weighted by molar-refractivity contribution is -0.135. The standard InChI is InChI=1S/C13H14N2O4/c1-19-10-4-2-9(3-5-10)7-15-13(18)6-12(17)11(8-16)14-15/h2-5,16H,6-8H2,1H3. The average molecular weight is 262 g/mol. The second-order valence-corrected chi connectivity index (χ2v) is 4.10. The number of nitrogens with zero attached hydrogens (tertiary/aromatic N) is 2. The van der Waals surface area contributed by atoms with Crippen molar-refractivity contribution in [1.82, 2.24) is 5.01 Å². The van der Waals surface area contributed by atoms with Gasteiger partial charge >= 0.3 is 0 Å². The summed E-state index contributed by atoms with van der Waals surface area (Å²) in [5, 5.41) is 14.1. The summed E-state index contributed by atoms with van der Waals surface area (Å²) >= 11 is 0. The number of hydrazone groups is 1. The zero-order valence-corrected chi connectivity index (χ0v) is 10.5. The van der Waals surface area contributed by atoms with Crippen LogP contribution < -0.4 is 4.74 Å². The van der Waals surface area contributed by atoms with Crippen LogP contribution in [0, 0.1) is 0 Å². The number of Topliss-reactive ketones (excluding diaryl/α,β-unsaturated/α-hetero) is 1. The van der Waals surface area contributed by atoms with Gasteiger partial charge in [-0.2, -0.15) is 5.10 Å². The highest BCUT2D eigenvalue weighted by Gasteiger charge is 2.26. The largest absolute Gasteiger partial charge is 0.497 e. The van der Waals surface area contributed by atoms with Crippen LogP contribution in [0.2, 0.25) is 0 Å². The van der Waals surface area contributed by atoms with Crippen molar-refractivity contribution in [2.45, 2.75) is 13.0 Å². The number of ether oxygens (including phenoxy) is 1. The number of hydrogen-bond acceptors (Lipinski definition) is 5. The molecule has 1 aromatic carbocycles. The zero-order chi connectivity index (χ0) is 13.8. The Bertz CT molecular complexity index is 522. The van der Waals surface area contributed by atoms with E-state index in [1.807, 2.05) is 12.1 Å². The van der Waals surface area contributed by atoms with Gasteiger partial charge in [-0.25, -0.2) is 5.01 Å². The van der Waals surface area contributed by atoms with Crippen LogP contribution in [0.1, 0.15) is 12.0 Å². The van der Waals surface area contributed by atoms with Crippen LogP contribution in [0.4, 0.5) is 0 Å². The number of rotatable bonds is 4. The van der Waals surface area contributed by atoms with Gasteiger partial charge in [0.05, 0.1) is 26.7 Å². The van der Waals surface area contributed by atoms with E-state index in [1.54, 1.807) is 19.2 Å². The summed E-state index contributed by atoms with van der Waals surface area (Å²) in [4.78, 5) is 23.0. The topological polar surface area (TPSA) is 79.2 Å².